The molecule has 1 heterocycles. The molecule has 110 valence electrons. The van der Waals surface area contributed by atoms with Crippen molar-refractivity contribution in [3.63, 3.8) is 0 Å². The molecule has 5 nitrogen and oxygen atoms in total. The molecule has 2 amide bonds. The first-order chi connectivity index (χ1) is 9.61. The zero-order chi connectivity index (χ0) is 14.5. The molecule has 1 aliphatic rings. The lowest BCUT2D eigenvalue weighted by atomic mass is 10.2. The molecular formula is C13H17F2N3O2. The van der Waals surface area contributed by atoms with Crippen molar-refractivity contribution in [2.75, 3.05) is 36.5 Å². The Balaban J connectivity index is 2.11. The molecule has 1 fully saturated rings. The van der Waals surface area contributed by atoms with E-state index >= 15 is 0 Å². The van der Waals surface area contributed by atoms with Crippen LogP contribution in [0.4, 0.5) is 25.0 Å². The molecule has 0 atom stereocenters. The number of nitrogens with zero attached hydrogens (tertiary/aromatic N) is 1. The third-order valence-corrected chi connectivity index (χ3v) is 3.09. The van der Waals surface area contributed by atoms with E-state index in [0.717, 1.165) is 25.0 Å². The van der Waals surface area contributed by atoms with Crippen molar-refractivity contribution in [1.29, 1.82) is 0 Å². The zero-order valence-electron chi connectivity index (χ0n) is 11.0. The summed E-state index contributed by atoms with van der Waals surface area (Å²) in [5.41, 5.74) is 0.00204. The number of hydrogen-bond acceptors (Lipinski definition) is 3. The third-order valence-electron chi connectivity index (χ3n) is 3.09. The maximum atomic E-state index is 14.0. The van der Waals surface area contributed by atoms with E-state index in [1.54, 1.807) is 4.90 Å². The van der Waals surface area contributed by atoms with Gasteiger partial charge in [-0.25, -0.2) is 13.6 Å². The van der Waals surface area contributed by atoms with Crippen LogP contribution in [-0.4, -0.2) is 37.4 Å². The minimum absolute atomic E-state index is 0.0381. The normalized spacial score (nSPS) is 14.4. The highest BCUT2D eigenvalue weighted by Gasteiger charge is 2.21. The van der Waals surface area contributed by atoms with E-state index < -0.39 is 17.7 Å². The fourth-order valence-electron chi connectivity index (χ4n) is 2.23. The summed E-state index contributed by atoms with van der Waals surface area (Å²) in [7, 11) is 0. The Labute approximate surface area is 115 Å². The molecule has 0 aliphatic carbocycles. The zero-order valence-corrected chi connectivity index (χ0v) is 11.0. The molecule has 0 unspecified atom stereocenters. The van der Waals surface area contributed by atoms with Gasteiger partial charge in [-0.2, -0.15) is 0 Å². The molecule has 3 N–H and O–H groups in total. The van der Waals surface area contributed by atoms with Gasteiger partial charge in [0.25, 0.3) is 0 Å². The maximum absolute atomic E-state index is 14.0. The van der Waals surface area contributed by atoms with Crippen molar-refractivity contribution in [2.24, 2.45) is 0 Å². The topological polar surface area (TPSA) is 64.6 Å². The molecule has 1 aromatic carbocycles. The van der Waals surface area contributed by atoms with Gasteiger partial charge in [-0.05, 0) is 25.0 Å². The van der Waals surface area contributed by atoms with Crippen LogP contribution in [0.3, 0.4) is 0 Å². The second kappa shape index (κ2) is 6.51. The number of carbonyl (C=O) groups excluding carboxylic acids is 1. The highest BCUT2D eigenvalue weighted by atomic mass is 19.1. The summed E-state index contributed by atoms with van der Waals surface area (Å²) < 4.78 is 27.9. The lowest BCUT2D eigenvalue weighted by Crippen LogP contribution is -2.31. The van der Waals surface area contributed by atoms with Gasteiger partial charge >= 0.3 is 6.03 Å². The van der Waals surface area contributed by atoms with E-state index in [1.165, 1.54) is 0 Å². The van der Waals surface area contributed by atoms with Crippen molar-refractivity contribution in [2.45, 2.75) is 12.8 Å². The lowest BCUT2D eigenvalue weighted by Gasteiger charge is -2.19. The number of carbonyl (C=O) groups is 1. The molecule has 0 bridgehead atoms. The fraction of sp³-hybridized carbons (Fsp3) is 0.462. The molecule has 1 saturated heterocycles. The summed E-state index contributed by atoms with van der Waals surface area (Å²) in [4.78, 5) is 13.0. The van der Waals surface area contributed by atoms with E-state index in [9.17, 15) is 13.6 Å². The Morgan fingerprint density at radius 3 is 2.40 bits per heavy atom. The van der Waals surface area contributed by atoms with Crippen molar-refractivity contribution >= 4 is 17.4 Å². The summed E-state index contributed by atoms with van der Waals surface area (Å²) >= 11 is 0. The first-order valence-electron chi connectivity index (χ1n) is 6.51. The number of benzene rings is 1. The average Bonchev–Trinajstić information content (AvgIpc) is 2.89. The number of amides is 2. The van der Waals surface area contributed by atoms with E-state index in [4.69, 9.17) is 5.11 Å². The molecule has 0 saturated carbocycles. The highest BCUT2D eigenvalue weighted by molar-refractivity contribution is 5.89. The van der Waals surface area contributed by atoms with Gasteiger partial charge in [0.05, 0.1) is 6.61 Å². The Morgan fingerprint density at radius 2 is 1.85 bits per heavy atom. The standard InChI is InChI=1S/C13H17F2N3O2/c14-10-7-9(17-13(20)16-3-6-19)8-11(15)12(10)18-4-1-2-5-18/h7-8,19H,1-6H2,(H2,16,17,20). The first kappa shape index (κ1) is 14.5. The van der Waals surface area contributed by atoms with Gasteiger partial charge in [-0.1, -0.05) is 0 Å². The molecule has 0 aromatic heterocycles. The van der Waals surface area contributed by atoms with Crippen LogP contribution >= 0.6 is 0 Å². The average molecular weight is 285 g/mol. The Hall–Kier alpha value is -1.89. The maximum Gasteiger partial charge on any atom is 0.319 e. The molecule has 1 aromatic rings. The monoisotopic (exact) mass is 285 g/mol. The molecule has 7 heteroatoms. The van der Waals surface area contributed by atoms with Crippen LogP contribution in [0.1, 0.15) is 12.8 Å². The van der Waals surface area contributed by atoms with E-state index in [0.29, 0.717) is 13.1 Å². The van der Waals surface area contributed by atoms with Crippen LogP contribution in [0.2, 0.25) is 0 Å². The van der Waals surface area contributed by atoms with Crippen LogP contribution in [0.25, 0.3) is 0 Å². The van der Waals surface area contributed by atoms with Crippen molar-refractivity contribution in [1.82, 2.24) is 5.32 Å². The highest BCUT2D eigenvalue weighted by Crippen LogP contribution is 2.29. The van der Waals surface area contributed by atoms with Crippen LogP contribution in [0.15, 0.2) is 12.1 Å². The van der Waals surface area contributed by atoms with Gasteiger partial charge in [-0.3, -0.25) is 0 Å². The number of halogens is 2. The number of hydrogen-bond donors (Lipinski definition) is 3. The SMILES string of the molecule is O=C(NCCO)Nc1cc(F)c(N2CCCC2)c(F)c1. The number of nitrogens with one attached hydrogen (secondary N) is 2. The number of aliphatic hydroxyl groups is 1. The number of aliphatic hydroxyl groups excluding tert-OH is 1. The van der Waals surface area contributed by atoms with Crippen molar-refractivity contribution in [3.8, 4) is 0 Å². The predicted octanol–water partition coefficient (Wildman–Crippen LogP) is 1.68. The second-order valence-corrected chi connectivity index (χ2v) is 4.59. The van der Waals surface area contributed by atoms with Gasteiger partial charge in [0.2, 0.25) is 0 Å². The number of anilines is 2. The van der Waals surface area contributed by atoms with Gasteiger partial charge in [0.15, 0.2) is 11.6 Å². The summed E-state index contributed by atoms with van der Waals surface area (Å²) in [6.45, 7) is 1.14. The molecule has 1 aliphatic heterocycles. The van der Waals surface area contributed by atoms with Gasteiger partial charge in [0, 0.05) is 25.3 Å². The van der Waals surface area contributed by atoms with Crippen LogP contribution in [-0.2, 0) is 0 Å². The summed E-state index contributed by atoms with van der Waals surface area (Å²) in [6, 6.07) is 1.57. The van der Waals surface area contributed by atoms with E-state index in [2.05, 4.69) is 10.6 Å². The number of rotatable bonds is 4. The minimum Gasteiger partial charge on any atom is -0.395 e. The molecule has 2 rings (SSSR count). The molecule has 20 heavy (non-hydrogen) atoms. The fourth-order valence-corrected chi connectivity index (χ4v) is 2.23. The lowest BCUT2D eigenvalue weighted by molar-refractivity contribution is 0.245. The number of urea groups is 1. The largest absolute Gasteiger partial charge is 0.395 e. The third kappa shape index (κ3) is 3.36. The van der Waals surface area contributed by atoms with E-state index in [-0.39, 0.29) is 24.5 Å². The van der Waals surface area contributed by atoms with Gasteiger partial charge in [-0.15, -0.1) is 0 Å². The predicted molar refractivity (Wildman–Crippen MR) is 71.9 cm³/mol. The van der Waals surface area contributed by atoms with Gasteiger partial charge in [0.1, 0.15) is 5.69 Å². The Morgan fingerprint density at radius 1 is 1.25 bits per heavy atom. The Bertz CT molecular complexity index is 467. The minimum atomic E-state index is -0.690. The van der Waals surface area contributed by atoms with Crippen molar-refractivity contribution in [3.05, 3.63) is 23.8 Å². The van der Waals surface area contributed by atoms with Crippen molar-refractivity contribution < 1.29 is 18.7 Å². The molecule has 0 radical (unpaired) electrons. The molecular weight excluding hydrogens is 268 g/mol. The first-order valence-corrected chi connectivity index (χ1v) is 6.51. The van der Waals surface area contributed by atoms with Gasteiger partial charge < -0.3 is 20.6 Å². The van der Waals surface area contributed by atoms with Crippen LogP contribution in [0, 0.1) is 11.6 Å². The second-order valence-electron chi connectivity index (χ2n) is 4.59. The summed E-state index contributed by atoms with van der Waals surface area (Å²) in [6.07, 6.45) is 1.84. The Kier molecular flexibility index (Phi) is 4.73. The summed E-state index contributed by atoms with van der Waals surface area (Å²) in [5, 5.41) is 13.2. The van der Waals surface area contributed by atoms with Crippen LogP contribution in [0.5, 0.6) is 0 Å². The summed E-state index contributed by atoms with van der Waals surface area (Å²) in [5.74, 6) is -1.38. The smallest absolute Gasteiger partial charge is 0.319 e. The quantitative estimate of drug-likeness (QED) is 0.788. The molecule has 0 spiro atoms. The van der Waals surface area contributed by atoms with E-state index in [1.807, 2.05) is 0 Å². The van der Waals surface area contributed by atoms with Crippen LogP contribution < -0.4 is 15.5 Å².